The maximum atomic E-state index is 12.1. The number of nitro benzene ring substituents is 3. The van der Waals surface area contributed by atoms with Crippen LogP contribution in [0.1, 0.15) is 0 Å². The Morgan fingerprint density at radius 2 is 0.630 bits per heavy atom. The predicted molar refractivity (Wildman–Crippen MR) is 115 cm³/mol. The second-order valence-electron chi connectivity index (χ2n) is 9.69. The minimum atomic E-state index is -2.59. The summed E-state index contributed by atoms with van der Waals surface area (Å²) in [6, 6.07) is 0. The van der Waals surface area contributed by atoms with Gasteiger partial charge in [-0.1, -0.05) is 58.9 Å². The number of hydrogen-bond acceptors (Lipinski definition) is 6. The largest absolute Gasteiger partial charge is 0.281 e. The standard InChI is InChI=1S/C15H27N3O6Si3/c1-25(2,3)13-10(16(19)20)14(26(4,5)6)12(18(23)24)15(27(7,8)9)11(13)17(21)22/h1-9H3. The molecule has 0 radical (unpaired) electrons. The first-order valence-corrected chi connectivity index (χ1v) is 19.0. The van der Waals surface area contributed by atoms with Crippen LogP contribution in [0.5, 0.6) is 0 Å². The number of hydrogen-bond donors (Lipinski definition) is 0. The topological polar surface area (TPSA) is 129 Å². The summed E-state index contributed by atoms with van der Waals surface area (Å²) in [7, 11) is -7.76. The van der Waals surface area contributed by atoms with Gasteiger partial charge in [0.2, 0.25) is 0 Å². The average Bonchev–Trinajstić information content (AvgIpc) is 2.40. The molecule has 0 aliphatic heterocycles. The number of nitro groups is 3. The molecule has 12 heteroatoms. The Bertz CT molecular complexity index is 705. The van der Waals surface area contributed by atoms with Gasteiger partial charge in [-0.15, -0.1) is 0 Å². The molecule has 0 atom stereocenters. The lowest BCUT2D eigenvalue weighted by molar-refractivity contribution is -0.398. The van der Waals surface area contributed by atoms with Crippen LogP contribution in [-0.4, -0.2) is 39.0 Å². The van der Waals surface area contributed by atoms with Crippen molar-refractivity contribution in [1.82, 2.24) is 0 Å². The van der Waals surface area contributed by atoms with Crippen molar-refractivity contribution in [1.29, 1.82) is 0 Å². The van der Waals surface area contributed by atoms with Gasteiger partial charge in [0.25, 0.3) is 17.1 Å². The molecule has 0 heterocycles. The molecule has 0 aromatic heterocycles. The van der Waals surface area contributed by atoms with E-state index in [2.05, 4.69) is 0 Å². The van der Waals surface area contributed by atoms with Gasteiger partial charge in [-0.3, -0.25) is 30.3 Å². The Labute approximate surface area is 161 Å². The van der Waals surface area contributed by atoms with Crippen molar-refractivity contribution in [2.45, 2.75) is 58.9 Å². The molecule has 1 rings (SSSR count). The van der Waals surface area contributed by atoms with Crippen LogP contribution in [-0.2, 0) is 0 Å². The fraction of sp³-hybridized carbons (Fsp3) is 0.600. The third-order valence-electron chi connectivity index (χ3n) is 4.22. The van der Waals surface area contributed by atoms with E-state index >= 15 is 0 Å². The molecule has 0 saturated heterocycles. The molecule has 27 heavy (non-hydrogen) atoms. The predicted octanol–water partition coefficient (Wildman–Crippen LogP) is 3.05. The van der Waals surface area contributed by atoms with Crippen molar-refractivity contribution in [3.63, 3.8) is 0 Å². The number of nitrogens with zero attached hydrogens (tertiary/aromatic N) is 3. The molecule has 0 unspecified atom stereocenters. The number of rotatable bonds is 6. The van der Waals surface area contributed by atoms with Crippen LogP contribution in [0.4, 0.5) is 17.1 Å². The zero-order chi connectivity index (χ0) is 21.7. The Kier molecular flexibility index (Phi) is 5.91. The maximum Gasteiger partial charge on any atom is 0.281 e. The summed E-state index contributed by atoms with van der Waals surface area (Å²) in [4.78, 5) is 34.3. The van der Waals surface area contributed by atoms with Crippen LogP contribution in [0.3, 0.4) is 0 Å². The monoisotopic (exact) mass is 429 g/mol. The molecule has 150 valence electrons. The molecule has 0 aliphatic rings. The first-order chi connectivity index (χ1) is 11.8. The summed E-state index contributed by atoms with van der Waals surface area (Å²) in [5, 5.41) is 36.6. The van der Waals surface area contributed by atoms with E-state index in [1.165, 1.54) is 0 Å². The van der Waals surface area contributed by atoms with Crippen molar-refractivity contribution in [2.24, 2.45) is 0 Å². The third-order valence-corrected chi connectivity index (χ3v) is 10.1. The zero-order valence-electron chi connectivity index (χ0n) is 17.3. The summed E-state index contributed by atoms with van der Waals surface area (Å²) < 4.78 is 0. The van der Waals surface area contributed by atoms with Crippen LogP contribution < -0.4 is 15.6 Å². The zero-order valence-corrected chi connectivity index (χ0v) is 20.3. The van der Waals surface area contributed by atoms with E-state index in [-0.39, 0.29) is 15.6 Å². The van der Waals surface area contributed by atoms with Gasteiger partial charge in [0.05, 0.1) is 54.6 Å². The molecule has 1 aromatic rings. The van der Waals surface area contributed by atoms with Crippen molar-refractivity contribution < 1.29 is 14.8 Å². The van der Waals surface area contributed by atoms with E-state index in [9.17, 15) is 30.3 Å². The Hall–Kier alpha value is -1.93. The highest BCUT2D eigenvalue weighted by molar-refractivity contribution is 6.98. The van der Waals surface area contributed by atoms with Gasteiger partial charge < -0.3 is 0 Å². The molecule has 0 amide bonds. The van der Waals surface area contributed by atoms with E-state index in [1.54, 1.807) is 58.9 Å². The smallest absolute Gasteiger partial charge is 0.258 e. The third kappa shape index (κ3) is 4.32. The first kappa shape index (κ1) is 23.1. The van der Waals surface area contributed by atoms with Crippen LogP contribution in [0.15, 0.2) is 0 Å². The van der Waals surface area contributed by atoms with Crippen molar-refractivity contribution >= 4 is 56.8 Å². The van der Waals surface area contributed by atoms with Gasteiger partial charge >= 0.3 is 0 Å². The Balaban J connectivity index is 4.67. The van der Waals surface area contributed by atoms with Crippen LogP contribution in [0.25, 0.3) is 0 Å². The maximum absolute atomic E-state index is 12.1. The van der Waals surface area contributed by atoms with Crippen LogP contribution >= 0.6 is 0 Å². The quantitative estimate of drug-likeness (QED) is 0.388. The van der Waals surface area contributed by atoms with Crippen molar-refractivity contribution in [3.05, 3.63) is 30.3 Å². The van der Waals surface area contributed by atoms with Gasteiger partial charge in [-0.05, 0) is 0 Å². The van der Waals surface area contributed by atoms with Gasteiger partial charge in [-0.2, -0.15) is 0 Å². The Morgan fingerprint density at radius 1 is 0.481 bits per heavy atom. The second kappa shape index (κ2) is 6.91. The average molecular weight is 430 g/mol. The molecule has 0 bridgehead atoms. The van der Waals surface area contributed by atoms with Gasteiger partial charge in [0, 0.05) is 0 Å². The van der Waals surface area contributed by atoms with Crippen molar-refractivity contribution in [2.75, 3.05) is 0 Å². The minimum Gasteiger partial charge on any atom is -0.258 e. The molecular formula is C15H27N3O6Si3. The van der Waals surface area contributed by atoms with E-state index in [0.717, 1.165) is 0 Å². The summed E-state index contributed by atoms with van der Waals surface area (Å²) in [5.41, 5.74) is -1.18. The van der Waals surface area contributed by atoms with Crippen LogP contribution in [0, 0.1) is 30.3 Å². The highest BCUT2D eigenvalue weighted by Crippen LogP contribution is 2.31. The van der Waals surface area contributed by atoms with E-state index in [0.29, 0.717) is 0 Å². The molecule has 0 spiro atoms. The molecular weight excluding hydrogens is 402 g/mol. The molecule has 0 N–H and O–H groups in total. The molecule has 0 fully saturated rings. The lowest BCUT2D eigenvalue weighted by Gasteiger charge is -2.27. The van der Waals surface area contributed by atoms with Crippen LogP contribution in [0.2, 0.25) is 58.9 Å². The summed E-state index contributed by atoms with van der Waals surface area (Å²) >= 11 is 0. The fourth-order valence-corrected chi connectivity index (χ4v) is 9.33. The summed E-state index contributed by atoms with van der Waals surface area (Å²) in [6.45, 7) is 16.2. The van der Waals surface area contributed by atoms with Gasteiger partial charge in [-0.25, -0.2) is 0 Å². The molecule has 0 aliphatic carbocycles. The number of benzene rings is 1. The summed E-state index contributed by atoms with van der Waals surface area (Å²) in [5.74, 6) is 0. The molecule has 1 aromatic carbocycles. The van der Waals surface area contributed by atoms with E-state index in [4.69, 9.17) is 0 Å². The lowest BCUT2D eigenvalue weighted by atomic mass is 10.2. The fourth-order valence-electron chi connectivity index (χ4n) is 3.39. The molecule has 9 nitrogen and oxygen atoms in total. The summed E-state index contributed by atoms with van der Waals surface area (Å²) in [6.07, 6.45) is 0. The second-order valence-corrected chi connectivity index (χ2v) is 24.7. The van der Waals surface area contributed by atoms with Crippen molar-refractivity contribution in [3.8, 4) is 0 Å². The highest BCUT2D eigenvalue weighted by Gasteiger charge is 2.51. The molecule has 0 saturated carbocycles. The normalized spacial score (nSPS) is 12.8. The highest BCUT2D eigenvalue weighted by atomic mass is 28.3. The van der Waals surface area contributed by atoms with Gasteiger partial charge in [0.1, 0.15) is 0 Å². The minimum absolute atomic E-state index is 0.123. The SMILES string of the molecule is C[Si](C)(C)c1c([N+](=O)[O-])c([Si](C)(C)C)c([N+](=O)[O-])c([Si](C)(C)C)c1[N+](=O)[O-]. The first-order valence-electron chi connectivity index (χ1n) is 8.52. The lowest BCUT2D eigenvalue weighted by Crippen LogP contribution is -2.56. The Morgan fingerprint density at radius 3 is 0.704 bits per heavy atom. The van der Waals surface area contributed by atoms with Gasteiger partial charge in [0.15, 0.2) is 0 Å². The van der Waals surface area contributed by atoms with E-state index < -0.39 is 56.1 Å². The van der Waals surface area contributed by atoms with E-state index in [1.807, 2.05) is 0 Å².